The zero-order valence-corrected chi connectivity index (χ0v) is 16.0. The van der Waals surface area contributed by atoms with E-state index >= 15 is 0 Å². The second kappa shape index (κ2) is 7.36. The standard InChI is InChI=1S/C14H14Br3NS/c1-2-18-14(7-11-5-10(16)8-19-11)12-4-3-9(15)6-13(12)17/h3-6,8,14,18H,2,7H2,1H3. The first-order valence-corrected chi connectivity index (χ1v) is 9.27. The lowest BCUT2D eigenvalue weighted by Gasteiger charge is -2.19. The average Bonchev–Trinajstić information content (AvgIpc) is 2.74. The van der Waals surface area contributed by atoms with E-state index in [1.807, 2.05) is 0 Å². The molecule has 1 heterocycles. The van der Waals surface area contributed by atoms with E-state index in [4.69, 9.17) is 0 Å². The molecule has 0 aliphatic rings. The molecule has 1 atom stereocenters. The van der Waals surface area contributed by atoms with Crippen molar-refractivity contribution < 1.29 is 0 Å². The van der Waals surface area contributed by atoms with Crippen molar-refractivity contribution in [3.8, 4) is 0 Å². The van der Waals surface area contributed by atoms with E-state index in [-0.39, 0.29) is 0 Å². The Hall–Kier alpha value is 0.320. The van der Waals surface area contributed by atoms with Crippen molar-refractivity contribution in [2.24, 2.45) is 0 Å². The molecule has 0 aliphatic carbocycles. The fourth-order valence-corrected chi connectivity index (χ4v) is 4.81. The molecule has 1 nitrogen and oxygen atoms in total. The first-order chi connectivity index (χ1) is 9.10. The van der Waals surface area contributed by atoms with Gasteiger partial charge in [0.1, 0.15) is 0 Å². The maximum atomic E-state index is 3.66. The number of benzene rings is 1. The Labute approximate surface area is 143 Å². The highest BCUT2D eigenvalue weighted by atomic mass is 79.9. The van der Waals surface area contributed by atoms with Crippen LogP contribution in [-0.2, 0) is 6.42 Å². The van der Waals surface area contributed by atoms with Gasteiger partial charge in [-0.15, -0.1) is 11.3 Å². The van der Waals surface area contributed by atoms with Gasteiger partial charge < -0.3 is 5.32 Å². The van der Waals surface area contributed by atoms with Gasteiger partial charge in [-0.05, 0) is 46.2 Å². The molecular formula is C14H14Br3NS. The number of nitrogens with one attached hydrogen (secondary N) is 1. The number of thiophene rings is 1. The molecule has 1 aromatic carbocycles. The van der Waals surface area contributed by atoms with E-state index in [0.29, 0.717) is 6.04 Å². The molecule has 19 heavy (non-hydrogen) atoms. The largest absolute Gasteiger partial charge is 0.310 e. The van der Waals surface area contributed by atoms with Crippen LogP contribution in [0, 0.1) is 0 Å². The second-order valence-electron chi connectivity index (χ2n) is 4.21. The first kappa shape index (κ1) is 15.7. The van der Waals surface area contributed by atoms with Crippen molar-refractivity contribution >= 4 is 59.1 Å². The van der Waals surface area contributed by atoms with Crippen LogP contribution in [0.1, 0.15) is 23.4 Å². The van der Waals surface area contributed by atoms with Crippen LogP contribution in [0.3, 0.4) is 0 Å². The van der Waals surface area contributed by atoms with Gasteiger partial charge in [0, 0.05) is 36.1 Å². The Morgan fingerprint density at radius 3 is 2.53 bits per heavy atom. The summed E-state index contributed by atoms with van der Waals surface area (Å²) in [5, 5.41) is 5.70. The van der Waals surface area contributed by atoms with E-state index in [2.05, 4.69) is 89.7 Å². The maximum Gasteiger partial charge on any atom is 0.0379 e. The highest BCUT2D eigenvalue weighted by molar-refractivity contribution is 9.11. The highest BCUT2D eigenvalue weighted by Crippen LogP contribution is 2.31. The van der Waals surface area contributed by atoms with Crippen molar-refractivity contribution in [3.05, 3.63) is 53.5 Å². The summed E-state index contributed by atoms with van der Waals surface area (Å²) in [6, 6.07) is 8.89. The topological polar surface area (TPSA) is 12.0 Å². The molecule has 2 aromatic rings. The molecule has 0 radical (unpaired) electrons. The second-order valence-corrected chi connectivity index (χ2v) is 7.89. The third-order valence-corrected chi connectivity index (χ3v) is 5.72. The highest BCUT2D eigenvalue weighted by Gasteiger charge is 2.15. The summed E-state index contributed by atoms with van der Waals surface area (Å²) in [7, 11) is 0. The van der Waals surface area contributed by atoms with Crippen molar-refractivity contribution in [2.75, 3.05) is 6.54 Å². The monoisotopic (exact) mass is 465 g/mol. The van der Waals surface area contributed by atoms with Gasteiger partial charge in [0.25, 0.3) is 0 Å². The summed E-state index contributed by atoms with van der Waals surface area (Å²) in [6.07, 6.45) is 1.00. The van der Waals surface area contributed by atoms with E-state index in [1.54, 1.807) is 11.3 Å². The molecule has 1 aromatic heterocycles. The third-order valence-electron chi connectivity index (χ3n) is 2.82. The molecule has 2 rings (SSSR count). The first-order valence-electron chi connectivity index (χ1n) is 6.01. The normalized spacial score (nSPS) is 12.6. The summed E-state index contributed by atoms with van der Waals surface area (Å²) in [6.45, 7) is 3.10. The van der Waals surface area contributed by atoms with Gasteiger partial charge in [-0.3, -0.25) is 0 Å². The Morgan fingerprint density at radius 1 is 1.16 bits per heavy atom. The molecular weight excluding hydrogens is 454 g/mol. The smallest absolute Gasteiger partial charge is 0.0379 e. The lowest BCUT2D eigenvalue weighted by molar-refractivity contribution is 0.551. The SMILES string of the molecule is CCNC(Cc1cc(Br)cs1)c1ccc(Br)cc1Br. The summed E-state index contributed by atoms with van der Waals surface area (Å²) in [4.78, 5) is 1.38. The molecule has 0 amide bonds. The molecule has 0 spiro atoms. The minimum Gasteiger partial charge on any atom is -0.310 e. The predicted octanol–water partition coefficient (Wildman–Crippen LogP) is 5.93. The third kappa shape index (κ3) is 4.39. The minimum absolute atomic E-state index is 0.332. The van der Waals surface area contributed by atoms with Gasteiger partial charge in [0.2, 0.25) is 0 Å². The maximum absolute atomic E-state index is 3.66. The number of halogens is 3. The van der Waals surface area contributed by atoms with E-state index in [9.17, 15) is 0 Å². The zero-order valence-electron chi connectivity index (χ0n) is 10.4. The van der Waals surface area contributed by atoms with Gasteiger partial charge in [0.15, 0.2) is 0 Å². The molecule has 1 N–H and O–H groups in total. The molecule has 0 fully saturated rings. The summed E-state index contributed by atoms with van der Waals surface area (Å²) in [5.41, 5.74) is 1.30. The van der Waals surface area contributed by atoms with Crippen LogP contribution in [-0.4, -0.2) is 6.54 Å². The number of likely N-dealkylation sites (N-methyl/N-ethyl adjacent to an activating group) is 1. The molecule has 0 aliphatic heterocycles. The van der Waals surface area contributed by atoms with Crippen LogP contribution in [0.15, 0.2) is 43.1 Å². The van der Waals surface area contributed by atoms with Gasteiger partial charge in [-0.25, -0.2) is 0 Å². The summed E-state index contributed by atoms with van der Waals surface area (Å²) < 4.78 is 3.40. The number of hydrogen-bond donors (Lipinski definition) is 1. The van der Waals surface area contributed by atoms with Gasteiger partial charge >= 0.3 is 0 Å². The molecule has 1 unspecified atom stereocenters. The molecule has 0 saturated carbocycles. The van der Waals surface area contributed by atoms with Gasteiger partial charge in [-0.2, -0.15) is 0 Å². The van der Waals surface area contributed by atoms with Crippen LogP contribution in [0.2, 0.25) is 0 Å². The minimum atomic E-state index is 0.332. The Balaban J connectivity index is 2.23. The van der Waals surface area contributed by atoms with Crippen LogP contribution < -0.4 is 5.32 Å². The Kier molecular flexibility index (Phi) is 6.09. The van der Waals surface area contributed by atoms with Gasteiger partial charge in [-0.1, -0.05) is 44.8 Å². The fourth-order valence-electron chi connectivity index (χ4n) is 1.98. The van der Waals surface area contributed by atoms with Crippen molar-refractivity contribution in [1.29, 1.82) is 0 Å². The lowest BCUT2D eigenvalue weighted by Crippen LogP contribution is -2.23. The van der Waals surface area contributed by atoms with E-state index in [1.165, 1.54) is 10.4 Å². The Bertz CT molecular complexity index is 553. The molecule has 0 bridgehead atoms. The van der Waals surface area contributed by atoms with E-state index in [0.717, 1.165) is 26.4 Å². The van der Waals surface area contributed by atoms with Crippen molar-refractivity contribution in [1.82, 2.24) is 5.32 Å². The molecule has 0 saturated heterocycles. The Morgan fingerprint density at radius 2 is 1.95 bits per heavy atom. The summed E-state index contributed by atoms with van der Waals surface area (Å²) in [5.74, 6) is 0. The van der Waals surface area contributed by atoms with Crippen molar-refractivity contribution in [3.63, 3.8) is 0 Å². The lowest BCUT2D eigenvalue weighted by atomic mass is 10.0. The van der Waals surface area contributed by atoms with Gasteiger partial charge in [0.05, 0.1) is 0 Å². The summed E-state index contributed by atoms with van der Waals surface area (Å²) >= 11 is 12.5. The van der Waals surface area contributed by atoms with Crippen LogP contribution in [0.5, 0.6) is 0 Å². The van der Waals surface area contributed by atoms with Crippen LogP contribution >= 0.6 is 59.1 Å². The number of rotatable bonds is 5. The average molecular weight is 468 g/mol. The van der Waals surface area contributed by atoms with Crippen molar-refractivity contribution in [2.45, 2.75) is 19.4 Å². The molecule has 5 heteroatoms. The van der Waals surface area contributed by atoms with Crippen LogP contribution in [0.4, 0.5) is 0 Å². The fraction of sp³-hybridized carbons (Fsp3) is 0.286. The quantitative estimate of drug-likeness (QED) is 0.574. The molecule has 102 valence electrons. The van der Waals surface area contributed by atoms with Crippen LogP contribution in [0.25, 0.3) is 0 Å². The van der Waals surface area contributed by atoms with E-state index < -0.39 is 0 Å². The zero-order chi connectivity index (χ0) is 13.8. The number of hydrogen-bond acceptors (Lipinski definition) is 2. The predicted molar refractivity (Wildman–Crippen MR) is 94.0 cm³/mol.